The number of anilines is 2. The molecule has 0 saturated carbocycles. The van der Waals surface area contributed by atoms with Gasteiger partial charge in [0, 0.05) is 6.54 Å². The highest BCUT2D eigenvalue weighted by molar-refractivity contribution is 5.97. The third-order valence-electron chi connectivity index (χ3n) is 3.10. The second-order valence-electron chi connectivity index (χ2n) is 5.25. The molecular weight excluding hydrogens is 212 g/mol. The van der Waals surface area contributed by atoms with Gasteiger partial charge in [-0.2, -0.15) is 0 Å². The van der Waals surface area contributed by atoms with Crippen molar-refractivity contribution in [1.82, 2.24) is 0 Å². The zero-order valence-electron chi connectivity index (χ0n) is 10.7. The molecule has 1 aliphatic rings. The van der Waals surface area contributed by atoms with Crippen LogP contribution in [0.15, 0.2) is 18.2 Å². The fourth-order valence-electron chi connectivity index (χ4n) is 2.24. The van der Waals surface area contributed by atoms with Crippen LogP contribution in [0.2, 0.25) is 0 Å². The van der Waals surface area contributed by atoms with E-state index in [1.165, 1.54) is 0 Å². The Morgan fingerprint density at radius 1 is 1.35 bits per heavy atom. The van der Waals surface area contributed by atoms with Crippen molar-refractivity contribution in [3.05, 3.63) is 23.8 Å². The number of hydrogen-bond acceptors (Lipinski definition) is 2. The number of benzene rings is 1. The normalized spacial score (nSPS) is 19.3. The average molecular weight is 232 g/mol. The maximum atomic E-state index is 12.1. The van der Waals surface area contributed by atoms with E-state index in [2.05, 4.69) is 30.5 Å². The van der Waals surface area contributed by atoms with Gasteiger partial charge in [0.1, 0.15) is 0 Å². The molecule has 2 rings (SSSR count). The van der Waals surface area contributed by atoms with Gasteiger partial charge in [-0.15, -0.1) is 0 Å². The number of amides is 1. The molecule has 1 atom stereocenters. The van der Waals surface area contributed by atoms with Gasteiger partial charge in [-0.3, -0.25) is 4.79 Å². The summed E-state index contributed by atoms with van der Waals surface area (Å²) < 4.78 is 0. The quantitative estimate of drug-likeness (QED) is 0.823. The Kier molecular flexibility index (Phi) is 3.36. The van der Waals surface area contributed by atoms with Crippen molar-refractivity contribution in [2.45, 2.75) is 27.2 Å². The summed E-state index contributed by atoms with van der Waals surface area (Å²) in [5.74, 6) is 0.730. The van der Waals surface area contributed by atoms with Crippen LogP contribution in [0.25, 0.3) is 0 Å². The molecule has 0 aliphatic carbocycles. The third-order valence-corrected chi connectivity index (χ3v) is 3.10. The van der Waals surface area contributed by atoms with E-state index in [1.807, 2.05) is 19.1 Å². The maximum Gasteiger partial charge on any atom is 0.229 e. The van der Waals surface area contributed by atoms with Crippen LogP contribution >= 0.6 is 0 Å². The van der Waals surface area contributed by atoms with Gasteiger partial charge in [0.15, 0.2) is 0 Å². The lowest BCUT2D eigenvalue weighted by atomic mass is 9.96. The number of hydrogen-bond donors (Lipinski definition) is 2. The maximum absolute atomic E-state index is 12.1. The Hall–Kier alpha value is -1.51. The first-order valence-corrected chi connectivity index (χ1v) is 6.21. The molecule has 3 heteroatoms. The van der Waals surface area contributed by atoms with Crippen LogP contribution in [0.5, 0.6) is 0 Å². The van der Waals surface area contributed by atoms with Gasteiger partial charge in [-0.05, 0) is 37.0 Å². The summed E-state index contributed by atoms with van der Waals surface area (Å²) in [4.78, 5) is 12.1. The van der Waals surface area contributed by atoms with Crippen LogP contribution in [-0.4, -0.2) is 12.5 Å². The van der Waals surface area contributed by atoms with Gasteiger partial charge in [-0.25, -0.2) is 0 Å². The molecule has 0 aromatic heterocycles. The fraction of sp³-hybridized carbons (Fsp3) is 0.500. The minimum atomic E-state index is 0.0581. The van der Waals surface area contributed by atoms with Gasteiger partial charge in [-0.1, -0.05) is 19.9 Å². The zero-order valence-corrected chi connectivity index (χ0v) is 10.7. The van der Waals surface area contributed by atoms with Crippen molar-refractivity contribution in [3.8, 4) is 0 Å². The van der Waals surface area contributed by atoms with Gasteiger partial charge < -0.3 is 10.6 Å². The molecule has 0 spiro atoms. The lowest BCUT2D eigenvalue weighted by molar-refractivity contribution is -0.119. The molecule has 1 amide bonds. The molecule has 1 aliphatic heterocycles. The topological polar surface area (TPSA) is 41.1 Å². The number of nitrogens with one attached hydrogen (secondary N) is 2. The number of rotatable bonds is 2. The molecule has 3 nitrogen and oxygen atoms in total. The minimum Gasteiger partial charge on any atom is -0.383 e. The Balaban J connectivity index is 2.19. The first kappa shape index (κ1) is 12.0. The summed E-state index contributed by atoms with van der Waals surface area (Å²) in [6.45, 7) is 7.05. The van der Waals surface area contributed by atoms with Crippen molar-refractivity contribution in [2.24, 2.45) is 11.8 Å². The highest BCUT2D eigenvalue weighted by atomic mass is 16.1. The monoisotopic (exact) mass is 232 g/mol. The molecule has 1 aromatic rings. The SMILES string of the molecule is Cc1ccc2c(c1)NC(=O)C(CC(C)C)CN2. The summed E-state index contributed by atoms with van der Waals surface area (Å²) in [5, 5.41) is 6.37. The standard InChI is InChI=1S/C14H20N2O/c1-9(2)6-11-8-15-12-5-4-10(3)7-13(12)16-14(11)17/h4-5,7,9,11,15H,6,8H2,1-3H3,(H,16,17). The molecular formula is C14H20N2O. The summed E-state index contributed by atoms with van der Waals surface area (Å²) in [5.41, 5.74) is 3.09. The molecule has 92 valence electrons. The molecule has 0 fully saturated rings. The molecule has 0 bridgehead atoms. The number of fused-ring (bicyclic) bond motifs is 1. The Bertz CT molecular complexity index is 426. The third kappa shape index (κ3) is 2.78. The molecule has 1 unspecified atom stereocenters. The van der Waals surface area contributed by atoms with Gasteiger partial charge in [0.2, 0.25) is 5.91 Å². The number of carbonyl (C=O) groups is 1. The van der Waals surface area contributed by atoms with Crippen molar-refractivity contribution < 1.29 is 4.79 Å². The van der Waals surface area contributed by atoms with E-state index in [9.17, 15) is 4.79 Å². The van der Waals surface area contributed by atoms with Crippen LogP contribution in [0, 0.1) is 18.8 Å². The summed E-state index contributed by atoms with van der Waals surface area (Å²) in [6, 6.07) is 6.10. The largest absolute Gasteiger partial charge is 0.383 e. The average Bonchev–Trinajstić information content (AvgIpc) is 2.38. The van der Waals surface area contributed by atoms with E-state index < -0.39 is 0 Å². The van der Waals surface area contributed by atoms with E-state index in [1.54, 1.807) is 0 Å². The first-order valence-electron chi connectivity index (χ1n) is 6.21. The minimum absolute atomic E-state index is 0.0581. The van der Waals surface area contributed by atoms with Gasteiger partial charge in [0.05, 0.1) is 17.3 Å². The first-order chi connectivity index (χ1) is 8.06. The number of aryl methyl sites for hydroxylation is 1. The highest BCUT2D eigenvalue weighted by Gasteiger charge is 2.23. The fourth-order valence-corrected chi connectivity index (χ4v) is 2.24. The van der Waals surface area contributed by atoms with Crippen LogP contribution < -0.4 is 10.6 Å². The van der Waals surface area contributed by atoms with Crippen molar-refractivity contribution in [1.29, 1.82) is 0 Å². The predicted molar refractivity (Wildman–Crippen MR) is 71.2 cm³/mol. The highest BCUT2D eigenvalue weighted by Crippen LogP contribution is 2.28. The van der Waals surface area contributed by atoms with Crippen LogP contribution in [-0.2, 0) is 4.79 Å². The summed E-state index contributed by atoms with van der Waals surface area (Å²) in [6.07, 6.45) is 0.922. The molecule has 1 aromatic carbocycles. The zero-order chi connectivity index (χ0) is 12.4. The molecule has 1 heterocycles. The van der Waals surface area contributed by atoms with Gasteiger partial charge in [0.25, 0.3) is 0 Å². The Morgan fingerprint density at radius 3 is 2.82 bits per heavy atom. The Labute approximate surface area is 103 Å². The van der Waals surface area contributed by atoms with E-state index in [0.717, 1.165) is 29.9 Å². The lowest BCUT2D eigenvalue weighted by Crippen LogP contribution is -2.27. The van der Waals surface area contributed by atoms with E-state index >= 15 is 0 Å². The van der Waals surface area contributed by atoms with E-state index in [-0.39, 0.29) is 11.8 Å². The molecule has 17 heavy (non-hydrogen) atoms. The van der Waals surface area contributed by atoms with Gasteiger partial charge >= 0.3 is 0 Å². The van der Waals surface area contributed by atoms with Crippen molar-refractivity contribution >= 4 is 17.3 Å². The van der Waals surface area contributed by atoms with Crippen LogP contribution in [0.3, 0.4) is 0 Å². The summed E-state index contributed by atoms with van der Waals surface area (Å²) in [7, 11) is 0. The second-order valence-corrected chi connectivity index (χ2v) is 5.25. The molecule has 2 N–H and O–H groups in total. The van der Waals surface area contributed by atoms with Crippen molar-refractivity contribution in [3.63, 3.8) is 0 Å². The van der Waals surface area contributed by atoms with E-state index in [0.29, 0.717) is 5.92 Å². The number of carbonyl (C=O) groups excluding carboxylic acids is 1. The Morgan fingerprint density at radius 2 is 2.12 bits per heavy atom. The second kappa shape index (κ2) is 4.78. The van der Waals surface area contributed by atoms with E-state index in [4.69, 9.17) is 0 Å². The van der Waals surface area contributed by atoms with Crippen molar-refractivity contribution in [2.75, 3.05) is 17.2 Å². The predicted octanol–water partition coefficient (Wildman–Crippen LogP) is 3.02. The molecule has 0 radical (unpaired) electrons. The van der Waals surface area contributed by atoms with Crippen LogP contribution in [0.4, 0.5) is 11.4 Å². The lowest BCUT2D eigenvalue weighted by Gasteiger charge is -2.15. The van der Waals surface area contributed by atoms with Crippen LogP contribution in [0.1, 0.15) is 25.8 Å². The summed E-state index contributed by atoms with van der Waals surface area (Å²) >= 11 is 0. The molecule has 0 saturated heterocycles. The smallest absolute Gasteiger partial charge is 0.229 e.